The fourth-order valence-corrected chi connectivity index (χ4v) is 0.871. The molecule has 0 rings (SSSR count). The van der Waals surface area contributed by atoms with Crippen LogP contribution in [0, 0.1) is 0 Å². The lowest BCUT2D eigenvalue weighted by Gasteiger charge is -2.03. The zero-order valence-electron chi connectivity index (χ0n) is 6.80. The monoisotopic (exact) mass is 268 g/mol. The highest BCUT2D eigenvalue weighted by Crippen LogP contribution is 1.80. The standard InChI is InChI=1S/C7H13IN2O/c1-10(2)5-3-4-7(11)9-6-8/h3-4H,5-6H2,1-2H3,(H,9,11)/b4-3+. The summed E-state index contributed by atoms with van der Waals surface area (Å²) in [5.74, 6) is -0.0266. The Labute approximate surface area is 81.0 Å². The van der Waals surface area contributed by atoms with E-state index in [0.29, 0.717) is 4.55 Å². The number of nitrogens with one attached hydrogen (secondary N) is 1. The summed E-state index contributed by atoms with van der Waals surface area (Å²) in [5.41, 5.74) is 0. The average molecular weight is 268 g/mol. The van der Waals surface area contributed by atoms with E-state index in [0.717, 1.165) is 6.54 Å². The number of alkyl halides is 1. The predicted molar refractivity (Wildman–Crippen MR) is 54.7 cm³/mol. The first-order valence-corrected chi connectivity index (χ1v) is 4.84. The van der Waals surface area contributed by atoms with Crippen LogP contribution in [0.1, 0.15) is 0 Å². The highest BCUT2D eigenvalue weighted by molar-refractivity contribution is 14.1. The number of hydrogen-bond donors (Lipinski definition) is 1. The number of rotatable bonds is 4. The second-order valence-electron chi connectivity index (χ2n) is 2.34. The molecule has 0 spiro atoms. The van der Waals surface area contributed by atoms with E-state index in [1.54, 1.807) is 6.08 Å². The summed E-state index contributed by atoms with van der Waals surface area (Å²) < 4.78 is 0.656. The Bertz CT molecular complexity index is 145. The Kier molecular flexibility index (Phi) is 6.54. The van der Waals surface area contributed by atoms with E-state index in [1.165, 1.54) is 0 Å². The van der Waals surface area contributed by atoms with Gasteiger partial charge in [-0.05, 0) is 14.1 Å². The molecule has 0 unspecified atom stereocenters. The van der Waals surface area contributed by atoms with Crippen LogP contribution in [0.5, 0.6) is 0 Å². The fourth-order valence-electron chi connectivity index (χ4n) is 0.495. The van der Waals surface area contributed by atoms with Gasteiger partial charge < -0.3 is 10.2 Å². The number of carbonyl (C=O) groups is 1. The van der Waals surface area contributed by atoms with E-state index < -0.39 is 0 Å². The van der Waals surface area contributed by atoms with Crippen molar-refractivity contribution < 1.29 is 4.79 Å². The molecule has 0 aromatic rings. The van der Waals surface area contributed by atoms with Crippen molar-refractivity contribution in [2.75, 3.05) is 25.2 Å². The lowest BCUT2D eigenvalue weighted by atomic mass is 10.4. The molecule has 0 heterocycles. The summed E-state index contributed by atoms with van der Waals surface area (Å²) in [5, 5.41) is 2.66. The van der Waals surface area contributed by atoms with Gasteiger partial charge in [0.1, 0.15) is 0 Å². The van der Waals surface area contributed by atoms with Crippen molar-refractivity contribution in [2.24, 2.45) is 0 Å². The van der Waals surface area contributed by atoms with Gasteiger partial charge in [-0.1, -0.05) is 28.7 Å². The third kappa shape index (κ3) is 7.80. The molecule has 0 saturated heterocycles. The molecule has 0 saturated carbocycles. The number of nitrogens with zero attached hydrogens (tertiary/aromatic N) is 1. The first-order valence-electron chi connectivity index (χ1n) is 3.32. The minimum Gasteiger partial charge on any atom is -0.344 e. The van der Waals surface area contributed by atoms with Crippen molar-refractivity contribution in [3.8, 4) is 0 Å². The van der Waals surface area contributed by atoms with Gasteiger partial charge >= 0.3 is 0 Å². The molecule has 4 heteroatoms. The van der Waals surface area contributed by atoms with Gasteiger partial charge in [0.15, 0.2) is 0 Å². The zero-order chi connectivity index (χ0) is 8.69. The van der Waals surface area contributed by atoms with Gasteiger partial charge in [-0.3, -0.25) is 4.79 Å². The molecule has 3 nitrogen and oxygen atoms in total. The molecule has 0 aliphatic heterocycles. The van der Waals surface area contributed by atoms with E-state index >= 15 is 0 Å². The van der Waals surface area contributed by atoms with Crippen molar-refractivity contribution in [1.82, 2.24) is 10.2 Å². The number of halogens is 1. The third-order valence-corrected chi connectivity index (χ3v) is 1.36. The third-order valence-electron chi connectivity index (χ3n) is 0.981. The number of hydrogen-bond acceptors (Lipinski definition) is 2. The largest absolute Gasteiger partial charge is 0.344 e. The second-order valence-corrected chi connectivity index (χ2v) is 3.10. The average Bonchev–Trinajstić information content (AvgIpc) is 1.87. The van der Waals surface area contributed by atoms with Gasteiger partial charge in [0.2, 0.25) is 5.91 Å². The summed E-state index contributed by atoms with van der Waals surface area (Å²) >= 11 is 2.09. The normalized spacial score (nSPS) is 10.9. The molecule has 0 radical (unpaired) electrons. The maximum atomic E-state index is 10.8. The molecule has 11 heavy (non-hydrogen) atoms. The van der Waals surface area contributed by atoms with Crippen molar-refractivity contribution in [3.05, 3.63) is 12.2 Å². The van der Waals surface area contributed by atoms with Gasteiger partial charge in [-0.2, -0.15) is 0 Å². The van der Waals surface area contributed by atoms with E-state index in [9.17, 15) is 4.79 Å². The van der Waals surface area contributed by atoms with Crippen LogP contribution < -0.4 is 5.32 Å². The summed E-state index contributed by atoms with van der Waals surface area (Å²) in [6.07, 6.45) is 3.39. The molecule has 0 aromatic heterocycles. The van der Waals surface area contributed by atoms with E-state index in [4.69, 9.17) is 0 Å². The first-order chi connectivity index (χ1) is 5.16. The molecule has 0 aliphatic rings. The highest BCUT2D eigenvalue weighted by atomic mass is 127. The number of amides is 1. The van der Waals surface area contributed by atoms with Gasteiger partial charge in [-0.25, -0.2) is 0 Å². The highest BCUT2D eigenvalue weighted by Gasteiger charge is 1.90. The van der Waals surface area contributed by atoms with Crippen LogP contribution in [0.3, 0.4) is 0 Å². The van der Waals surface area contributed by atoms with E-state index in [-0.39, 0.29) is 5.91 Å². The molecular weight excluding hydrogens is 255 g/mol. The van der Waals surface area contributed by atoms with E-state index in [1.807, 2.05) is 25.1 Å². The molecule has 0 bridgehead atoms. The van der Waals surface area contributed by atoms with Gasteiger partial charge in [0, 0.05) is 12.6 Å². The summed E-state index contributed by atoms with van der Waals surface area (Å²) in [6, 6.07) is 0. The van der Waals surface area contributed by atoms with Crippen LogP contribution in [-0.4, -0.2) is 36.0 Å². The van der Waals surface area contributed by atoms with Gasteiger partial charge in [0.25, 0.3) is 0 Å². The molecule has 0 atom stereocenters. The second kappa shape index (κ2) is 6.60. The topological polar surface area (TPSA) is 32.3 Å². The zero-order valence-corrected chi connectivity index (χ0v) is 8.96. The molecular formula is C7H13IN2O. The Morgan fingerprint density at radius 2 is 2.27 bits per heavy atom. The minimum atomic E-state index is -0.0266. The summed E-state index contributed by atoms with van der Waals surface area (Å²) in [4.78, 5) is 12.8. The van der Waals surface area contributed by atoms with Crippen LogP contribution in [0.25, 0.3) is 0 Å². The predicted octanol–water partition coefficient (Wildman–Crippen LogP) is 0.613. The van der Waals surface area contributed by atoms with Gasteiger partial charge in [-0.15, -0.1) is 0 Å². The van der Waals surface area contributed by atoms with Crippen molar-refractivity contribution >= 4 is 28.5 Å². The molecule has 1 N–H and O–H groups in total. The van der Waals surface area contributed by atoms with Crippen molar-refractivity contribution in [1.29, 1.82) is 0 Å². The van der Waals surface area contributed by atoms with Crippen LogP contribution in [0.2, 0.25) is 0 Å². The van der Waals surface area contributed by atoms with Crippen LogP contribution in [-0.2, 0) is 4.79 Å². The van der Waals surface area contributed by atoms with Crippen LogP contribution >= 0.6 is 22.6 Å². The number of likely N-dealkylation sites (N-methyl/N-ethyl adjacent to an activating group) is 1. The molecule has 64 valence electrons. The maximum Gasteiger partial charge on any atom is 0.244 e. The Morgan fingerprint density at radius 1 is 1.64 bits per heavy atom. The van der Waals surface area contributed by atoms with Crippen molar-refractivity contribution in [2.45, 2.75) is 0 Å². The van der Waals surface area contributed by atoms with Crippen LogP contribution in [0.15, 0.2) is 12.2 Å². The van der Waals surface area contributed by atoms with Gasteiger partial charge in [0.05, 0.1) is 4.55 Å². The SMILES string of the molecule is CN(C)C/C=C/C(=O)NCI. The lowest BCUT2D eigenvalue weighted by molar-refractivity contribution is -0.116. The van der Waals surface area contributed by atoms with E-state index in [2.05, 4.69) is 27.9 Å². The summed E-state index contributed by atoms with van der Waals surface area (Å²) in [7, 11) is 3.92. The Morgan fingerprint density at radius 3 is 2.73 bits per heavy atom. The Balaban J connectivity index is 3.48. The molecule has 0 aliphatic carbocycles. The number of carbonyl (C=O) groups excluding carboxylic acids is 1. The smallest absolute Gasteiger partial charge is 0.244 e. The molecule has 1 amide bonds. The molecule has 0 aromatic carbocycles. The van der Waals surface area contributed by atoms with Crippen LogP contribution in [0.4, 0.5) is 0 Å². The summed E-state index contributed by atoms with van der Waals surface area (Å²) in [6.45, 7) is 0.800. The first kappa shape index (κ1) is 10.9. The minimum absolute atomic E-state index is 0.0266. The quantitative estimate of drug-likeness (QED) is 0.351. The maximum absolute atomic E-state index is 10.8. The molecule has 0 fully saturated rings. The Hall–Kier alpha value is -0.100. The lowest BCUT2D eigenvalue weighted by Crippen LogP contribution is -2.19. The van der Waals surface area contributed by atoms with Crippen molar-refractivity contribution in [3.63, 3.8) is 0 Å². The fraction of sp³-hybridized carbons (Fsp3) is 0.571.